The summed E-state index contributed by atoms with van der Waals surface area (Å²) in [6, 6.07) is 4.25. The van der Waals surface area contributed by atoms with E-state index in [4.69, 9.17) is 5.41 Å². The number of anilines is 1. The second-order valence-corrected chi connectivity index (χ2v) is 7.53. The maximum atomic E-state index is 12.7. The van der Waals surface area contributed by atoms with E-state index >= 15 is 0 Å². The van der Waals surface area contributed by atoms with Crippen LogP contribution in [-0.2, 0) is 14.4 Å². The molecule has 0 saturated carbocycles. The minimum Gasteiger partial charge on any atom is -0.309 e. The largest absolute Gasteiger partial charge is 0.309 e. The Morgan fingerprint density at radius 3 is 2.37 bits per heavy atom. The molecule has 1 aromatic rings. The second-order valence-electron chi connectivity index (χ2n) is 7.53. The number of imide groups is 1. The maximum Gasteiger partial charge on any atom is 0.263 e. The van der Waals surface area contributed by atoms with Crippen LogP contribution in [0.25, 0.3) is 0 Å². The molecular weight excluding hydrogens is 356 g/mol. The number of benzene rings is 1. The third-order valence-electron chi connectivity index (χ3n) is 4.44. The molecule has 0 radical (unpaired) electrons. The molecule has 3 amide bonds. The van der Waals surface area contributed by atoms with Crippen LogP contribution in [-0.4, -0.2) is 29.5 Å². The molecule has 146 valence electrons. The Morgan fingerprint density at radius 1 is 1.26 bits per heavy atom. The topological polar surface area (TPSA) is 90.3 Å². The number of nitrogens with zero attached hydrogens (tertiary/aromatic N) is 1. The molecule has 1 atom stereocenters. The van der Waals surface area contributed by atoms with Crippen LogP contribution in [0.1, 0.15) is 52.0 Å². The first-order chi connectivity index (χ1) is 12.5. The number of halogens is 2. The normalized spacial score (nSPS) is 17.3. The summed E-state index contributed by atoms with van der Waals surface area (Å²) in [7, 11) is 0. The summed E-state index contributed by atoms with van der Waals surface area (Å²) in [5, 5.41) is 10.1. The summed E-state index contributed by atoms with van der Waals surface area (Å²) in [4.78, 5) is 37.9. The van der Waals surface area contributed by atoms with Gasteiger partial charge in [-0.15, -0.1) is 0 Å². The van der Waals surface area contributed by atoms with Crippen molar-refractivity contribution in [2.75, 3.05) is 4.90 Å². The van der Waals surface area contributed by atoms with Crippen LogP contribution in [0.5, 0.6) is 0 Å². The van der Waals surface area contributed by atoms with Gasteiger partial charge in [-0.05, 0) is 18.6 Å². The van der Waals surface area contributed by atoms with Gasteiger partial charge in [-0.3, -0.25) is 24.6 Å². The molecule has 1 aromatic carbocycles. The van der Waals surface area contributed by atoms with Gasteiger partial charge in [0.1, 0.15) is 6.04 Å². The maximum absolute atomic E-state index is 12.7. The number of carbonyl (C=O) groups excluding carboxylic acids is 3. The van der Waals surface area contributed by atoms with Gasteiger partial charge in [0.2, 0.25) is 17.7 Å². The molecule has 0 spiro atoms. The number of alkyl halides is 2. The van der Waals surface area contributed by atoms with E-state index in [1.807, 2.05) is 0 Å². The summed E-state index contributed by atoms with van der Waals surface area (Å²) in [5.74, 6) is -1.55. The predicted octanol–water partition coefficient (Wildman–Crippen LogP) is 3.22. The van der Waals surface area contributed by atoms with Gasteiger partial charge in [-0.2, -0.15) is 0 Å². The van der Waals surface area contributed by atoms with E-state index in [1.165, 1.54) is 29.2 Å². The van der Waals surface area contributed by atoms with Gasteiger partial charge in [0.05, 0.1) is 6.42 Å². The van der Waals surface area contributed by atoms with E-state index in [-0.39, 0.29) is 36.4 Å². The first-order valence-corrected chi connectivity index (χ1v) is 8.62. The number of hydrogen-bond acceptors (Lipinski definition) is 4. The van der Waals surface area contributed by atoms with Gasteiger partial charge in [0, 0.05) is 28.8 Å². The molecule has 0 aromatic heterocycles. The van der Waals surface area contributed by atoms with Crippen molar-refractivity contribution < 1.29 is 23.2 Å². The lowest BCUT2D eigenvalue weighted by Gasteiger charge is -2.24. The van der Waals surface area contributed by atoms with Gasteiger partial charge in [-0.25, -0.2) is 8.78 Å². The number of hydrogen-bond donors (Lipinski definition) is 2. The van der Waals surface area contributed by atoms with E-state index < -0.39 is 29.7 Å². The molecule has 27 heavy (non-hydrogen) atoms. The van der Waals surface area contributed by atoms with E-state index in [0.717, 1.165) is 0 Å². The van der Waals surface area contributed by atoms with Gasteiger partial charge in [0.25, 0.3) is 6.43 Å². The fourth-order valence-electron chi connectivity index (χ4n) is 2.73. The highest BCUT2D eigenvalue weighted by atomic mass is 19.3. The van der Waals surface area contributed by atoms with Crippen LogP contribution in [0, 0.1) is 10.8 Å². The van der Waals surface area contributed by atoms with Crippen LogP contribution in [0.4, 0.5) is 14.5 Å². The minimum absolute atomic E-state index is 0.126. The Labute approximate surface area is 156 Å². The molecule has 2 N–H and O–H groups in total. The highest BCUT2D eigenvalue weighted by molar-refractivity contribution is 6.11. The SMILES string of the molecule is CC(C)(C)C(=N)CC(=O)NC(=O)C1CCC(=O)N1c1ccc(C(F)F)cc1. The van der Waals surface area contributed by atoms with Crippen molar-refractivity contribution in [2.24, 2.45) is 5.41 Å². The summed E-state index contributed by atoms with van der Waals surface area (Å²) in [6.45, 7) is 5.39. The van der Waals surface area contributed by atoms with Crippen molar-refractivity contribution in [3.8, 4) is 0 Å². The lowest BCUT2D eigenvalue weighted by atomic mass is 9.88. The third-order valence-corrected chi connectivity index (χ3v) is 4.44. The summed E-state index contributed by atoms with van der Waals surface area (Å²) >= 11 is 0. The molecule has 8 heteroatoms. The Bertz CT molecular complexity index is 754. The lowest BCUT2D eigenvalue weighted by molar-refractivity contribution is -0.131. The van der Waals surface area contributed by atoms with Crippen molar-refractivity contribution in [2.45, 2.75) is 52.5 Å². The quantitative estimate of drug-likeness (QED) is 0.770. The van der Waals surface area contributed by atoms with Crippen molar-refractivity contribution in [3.05, 3.63) is 29.8 Å². The molecule has 1 aliphatic rings. The van der Waals surface area contributed by atoms with Crippen molar-refractivity contribution in [1.82, 2.24) is 5.32 Å². The van der Waals surface area contributed by atoms with Crippen LogP contribution >= 0.6 is 0 Å². The number of carbonyl (C=O) groups is 3. The number of rotatable bonds is 5. The van der Waals surface area contributed by atoms with E-state index in [1.54, 1.807) is 20.8 Å². The zero-order valence-electron chi connectivity index (χ0n) is 15.5. The summed E-state index contributed by atoms with van der Waals surface area (Å²) < 4.78 is 25.4. The molecule has 0 aliphatic carbocycles. The van der Waals surface area contributed by atoms with Gasteiger partial charge < -0.3 is 5.41 Å². The zero-order valence-corrected chi connectivity index (χ0v) is 15.5. The molecule has 1 fully saturated rings. The predicted molar refractivity (Wildman–Crippen MR) is 96.9 cm³/mol. The van der Waals surface area contributed by atoms with E-state index in [9.17, 15) is 23.2 Å². The molecule has 1 heterocycles. The van der Waals surface area contributed by atoms with Gasteiger partial charge in [-0.1, -0.05) is 32.9 Å². The van der Waals surface area contributed by atoms with Crippen molar-refractivity contribution >= 4 is 29.1 Å². The smallest absolute Gasteiger partial charge is 0.263 e. The molecule has 1 saturated heterocycles. The Morgan fingerprint density at radius 2 is 1.85 bits per heavy atom. The second kappa shape index (κ2) is 7.94. The Hall–Kier alpha value is -2.64. The molecular formula is C19H23F2N3O3. The lowest BCUT2D eigenvalue weighted by Crippen LogP contribution is -2.47. The first-order valence-electron chi connectivity index (χ1n) is 8.62. The summed E-state index contributed by atoms with van der Waals surface area (Å²) in [5.41, 5.74) is -0.142. The zero-order chi connectivity index (χ0) is 20.4. The highest BCUT2D eigenvalue weighted by Crippen LogP contribution is 2.29. The molecule has 6 nitrogen and oxygen atoms in total. The van der Waals surface area contributed by atoms with Crippen molar-refractivity contribution in [3.63, 3.8) is 0 Å². The van der Waals surface area contributed by atoms with Crippen molar-refractivity contribution in [1.29, 1.82) is 5.41 Å². The fraction of sp³-hybridized carbons (Fsp3) is 0.474. The molecule has 1 unspecified atom stereocenters. The van der Waals surface area contributed by atoms with Crippen LogP contribution in [0.15, 0.2) is 24.3 Å². The van der Waals surface area contributed by atoms with Gasteiger partial charge >= 0.3 is 0 Å². The van der Waals surface area contributed by atoms with Crippen LogP contribution in [0.3, 0.4) is 0 Å². The Kier molecular flexibility index (Phi) is 6.08. The van der Waals surface area contributed by atoms with E-state index in [0.29, 0.717) is 5.69 Å². The highest BCUT2D eigenvalue weighted by Gasteiger charge is 2.38. The monoisotopic (exact) mass is 379 g/mol. The minimum atomic E-state index is -2.62. The summed E-state index contributed by atoms with van der Waals surface area (Å²) in [6.07, 6.45) is -2.48. The Balaban J connectivity index is 2.09. The number of nitrogens with one attached hydrogen (secondary N) is 2. The molecule has 2 rings (SSSR count). The van der Waals surface area contributed by atoms with E-state index in [2.05, 4.69) is 5.32 Å². The standard InChI is InChI=1S/C19H23F2N3O3/c1-19(2,3)14(22)10-15(25)23-18(27)13-8-9-16(26)24(13)12-6-4-11(5-7-12)17(20)21/h4-7,13,17,22H,8-10H2,1-3H3,(H,23,25,27). The molecule has 0 bridgehead atoms. The van der Waals surface area contributed by atoms with Crippen LogP contribution < -0.4 is 10.2 Å². The molecule has 1 aliphatic heterocycles. The van der Waals surface area contributed by atoms with Crippen LogP contribution in [0.2, 0.25) is 0 Å². The first kappa shape index (κ1) is 20.7. The number of amides is 3. The van der Waals surface area contributed by atoms with Gasteiger partial charge in [0.15, 0.2) is 0 Å². The average molecular weight is 379 g/mol. The fourth-order valence-corrected chi connectivity index (χ4v) is 2.73. The average Bonchev–Trinajstić information content (AvgIpc) is 2.95. The third kappa shape index (κ3) is 4.96.